The summed E-state index contributed by atoms with van der Waals surface area (Å²) in [6.45, 7) is 13.0. The highest BCUT2D eigenvalue weighted by molar-refractivity contribution is 5.80. The summed E-state index contributed by atoms with van der Waals surface area (Å²) in [7, 11) is 5.09. The summed E-state index contributed by atoms with van der Waals surface area (Å²) >= 11 is 0. The fourth-order valence-electron chi connectivity index (χ4n) is 6.31. The van der Waals surface area contributed by atoms with Gasteiger partial charge in [-0.2, -0.15) is 0 Å². The predicted molar refractivity (Wildman–Crippen MR) is 168 cm³/mol. The number of hydrogen-bond donors (Lipinski definition) is 1. The Hall–Kier alpha value is -2.45. The topological polar surface area (TPSA) is 88.2 Å². The first-order valence-corrected chi connectivity index (χ1v) is 15.9. The van der Waals surface area contributed by atoms with E-state index in [-0.39, 0.29) is 48.2 Å². The van der Waals surface area contributed by atoms with Crippen LogP contribution in [0, 0.1) is 17.8 Å². The predicted octanol–water partition coefficient (Wildman–Crippen LogP) is 5.09. The van der Waals surface area contributed by atoms with Crippen molar-refractivity contribution in [3.8, 4) is 0 Å². The fourth-order valence-corrected chi connectivity index (χ4v) is 6.31. The first-order chi connectivity index (χ1) is 19.9. The van der Waals surface area contributed by atoms with Crippen molar-refractivity contribution in [2.45, 2.75) is 117 Å². The van der Waals surface area contributed by atoms with Crippen molar-refractivity contribution in [1.82, 2.24) is 15.1 Å². The van der Waals surface area contributed by atoms with Crippen LogP contribution in [0.1, 0.15) is 85.6 Å². The molecule has 1 aromatic carbocycles. The summed E-state index contributed by atoms with van der Waals surface area (Å²) in [5.41, 5.74) is 1.17. The average Bonchev–Trinajstić information content (AvgIpc) is 3.45. The standard InChI is InChI=1S/C34H57N3O5/c1-10-24(4)32(36(7)30(38)19-18-23(2)3)29(41-8)22-31(39)37-20-14-17-28(37)33(42-9)26(6)34(40)35-25(5)21-27-15-12-11-13-16-27/h11-13,15-16,23-26,28-29,32-33H,10,14,17-22H2,1-9H3,(H,35,40). The first kappa shape index (κ1) is 35.7. The Balaban J connectivity index is 2.11. The van der Waals surface area contributed by atoms with Crippen molar-refractivity contribution in [3.05, 3.63) is 35.9 Å². The molecule has 1 fully saturated rings. The molecule has 0 aliphatic carbocycles. The van der Waals surface area contributed by atoms with Crippen LogP contribution < -0.4 is 5.32 Å². The van der Waals surface area contributed by atoms with E-state index < -0.39 is 18.1 Å². The number of rotatable bonds is 17. The van der Waals surface area contributed by atoms with Crippen molar-refractivity contribution < 1.29 is 23.9 Å². The van der Waals surface area contributed by atoms with Crippen LogP contribution in [0.3, 0.4) is 0 Å². The smallest absolute Gasteiger partial charge is 0.225 e. The van der Waals surface area contributed by atoms with Crippen LogP contribution in [-0.4, -0.2) is 85.7 Å². The van der Waals surface area contributed by atoms with Crippen molar-refractivity contribution in [3.63, 3.8) is 0 Å². The maximum atomic E-state index is 13.8. The zero-order valence-corrected chi connectivity index (χ0v) is 27.6. The van der Waals surface area contributed by atoms with Crippen molar-refractivity contribution in [1.29, 1.82) is 0 Å². The number of ether oxygens (including phenoxy) is 2. The molecule has 8 heteroatoms. The molecule has 3 amide bonds. The van der Waals surface area contributed by atoms with Gasteiger partial charge in [0.2, 0.25) is 17.7 Å². The Labute approximate surface area is 254 Å². The zero-order valence-electron chi connectivity index (χ0n) is 27.6. The lowest BCUT2D eigenvalue weighted by molar-refractivity contribution is -0.146. The summed E-state index contributed by atoms with van der Waals surface area (Å²) in [5.74, 6) is 0.177. The lowest BCUT2D eigenvalue weighted by Gasteiger charge is -2.39. The van der Waals surface area contributed by atoms with Gasteiger partial charge in [0, 0.05) is 40.3 Å². The summed E-state index contributed by atoms with van der Waals surface area (Å²) in [6, 6.07) is 9.67. The average molecular weight is 588 g/mol. The lowest BCUT2D eigenvalue weighted by atomic mass is 9.90. The number of benzene rings is 1. The van der Waals surface area contributed by atoms with Crippen molar-refractivity contribution >= 4 is 17.7 Å². The van der Waals surface area contributed by atoms with Crippen LogP contribution in [0.15, 0.2) is 30.3 Å². The molecule has 0 radical (unpaired) electrons. The third kappa shape index (κ3) is 10.1. The third-order valence-corrected chi connectivity index (χ3v) is 9.01. The molecule has 1 aliphatic rings. The number of methoxy groups -OCH3 is 2. The van der Waals surface area contributed by atoms with E-state index in [2.05, 4.69) is 45.1 Å². The number of carbonyl (C=O) groups is 3. The van der Waals surface area contributed by atoms with Crippen LogP contribution in [0.25, 0.3) is 0 Å². The van der Waals surface area contributed by atoms with Gasteiger partial charge in [-0.05, 0) is 50.0 Å². The number of nitrogens with one attached hydrogen (secondary N) is 1. The van der Waals surface area contributed by atoms with Gasteiger partial charge in [-0.3, -0.25) is 14.4 Å². The Morgan fingerprint density at radius 3 is 2.29 bits per heavy atom. The number of carbonyl (C=O) groups excluding carboxylic acids is 3. The summed E-state index contributed by atoms with van der Waals surface area (Å²) in [6.07, 6.45) is 3.89. The Morgan fingerprint density at radius 2 is 1.71 bits per heavy atom. The van der Waals surface area contributed by atoms with Gasteiger partial charge in [0.25, 0.3) is 0 Å². The molecular formula is C34H57N3O5. The van der Waals surface area contributed by atoms with Gasteiger partial charge in [-0.1, -0.05) is 71.4 Å². The molecule has 42 heavy (non-hydrogen) atoms. The Kier molecular flexibility index (Phi) is 15.0. The molecule has 1 saturated heterocycles. The molecule has 0 spiro atoms. The van der Waals surface area contributed by atoms with E-state index in [1.165, 1.54) is 5.56 Å². The second-order valence-corrected chi connectivity index (χ2v) is 12.7. The molecule has 0 aromatic heterocycles. The molecule has 1 aromatic rings. The van der Waals surface area contributed by atoms with Gasteiger partial charge < -0.3 is 24.6 Å². The highest BCUT2D eigenvalue weighted by atomic mass is 16.5. The van der Waals surface area contributed by atoms with Crippen LogP contribution in [-0.2, 0) is 30.3 Å². The van der Waals surface area contributed by atoms with E-state index >= 15 is 0 Å². The highest BCUT2D eigenvalue weighted by Crippen LogP contribution is 2.29. The fraction of sp³-hybridized carbons (Fsp3) is 0.735. The third-order valence-electron chi connectivity index (χ3n) is 9.01. The highest BCUT2D eigenvalue weighted by Gasteiger charge is 2.42. The van der Waals surface area contributed by atoms with E-state index in [4.69, 9.17) is 9.47 Å². The minimum absolute atomic E-state index is 0.0206. The van der Waals surface area contributed by atoms with E-state index in [1.54, 1.807) is 19.1 Å². The monoisotopic (exact) mass is 587 g/mol. The Bertz CT molecular complexity index is 971. The van der Waals surface area contributed by atoms with Gasteiger partial charge in [0.05, 0.1) is 36.6 Å². The molecule has 0 bridgehead atoms. The van der Waals surface area contributed by atoms with E-state index in [0.29, 0.717) is 18.9 Å². The van der Waals surface area contributed by atoms with Crippen LogP contribution in [0.5, 0.6) is 0 Å². The largest absolute Gasteiger partial charge is 0.379 e. The molecule has 1 aliphatic heterocycles. The zero-order chi connectivity index (χ0) is 31.4. The molecule has 7 unspecified atom stereocenters. The molecule has 0 saturated carbocycles. The van der Waals surface area contributed by atoms with Gasteiger partial charge >= 0.3 is 0 Å². The molecule has 7 atom stereocenters. The maximum absolute atomic E-state index is 13.8. The molecule has 238 valence electrons. The van der Waals surface area contributed by atoms with Crippen LogP contribution in [0.2, 0.25) is 0 Å². The number of likely N-dealkylation sites (N-methyl/N-ethyl adjacent to an activating group) is 1. The molecule has 2 rings (SSSR count). The molecule has 1 heterocycles. The summed E-state index contributed by atoms with van der Waals surface area (Å²) in [5, 5.41) is 3.15. The van der Waals surface area contributed by atoms with Crippen LogP contribution in [0.4, 0.5) is 0 Å². The molecule has 8 nitrogen and oxygen atoms in total. The lowest BCUT2D eigenvalue weighted by Crippen LogP contribution is -2.53. The minimum Gasteiger partial charge on any atom is -0.379 e. The number of nitrogens with zero attached hydrogens (tertiary/aromatic N) is 2. The second-order valence-electron chi connectivity index (χ2n) is 12.7. The SMILES string of the molecule is CCC(C)C(C(CC(=O)N1CCCC1C(OC)C(C)C(=O)NC(C)Cc1ccccc1)OC)N(C)C(=O)CCC(C)C. The van der Waals surface area contributed by atoms with Gasteiger partial charge in [-0.25, -0.2) is 0 Å². The summed E-state index contributed by atoms with van der Waals surface area (Å²) < 4.78 is 11.8. The van der Waals surface area contributed by atoms with Crippen molar-refractivity contribution in [2.75, 3.05) is 27.8 Å². The first-order valence-electron chi connectivity index (χ1n) is 15.9. The van der Waals surface area contributed by atoms with Crippen LogP contribution >= 0.6 is 0 Å². The molecular weight excluding hydrogens is 530 g/mol. The number of likely N-dealkylation sites (tertiary alicyclic amines) is 1. The van der Waals surface area contributed by atoms with Gasteiger partial charge in [-0.15, -0.1) is 0 Å². The Morgan fingerprint density at radius 1 is 1.05 bits per heavy atom. The summed E-state index contributed by atoms with van der Waals surface area (Å²) in [4.78, 5) is 43.9. The maximum Gasteiger partial charge on any atom is 0.225 e. The van der Waals surface area contributed by atoms with E-state index in [0.717, 1.165) is 32.1 Å². The number of amides is 3. The van der Waals surface area contributed by atoms with E-state index in [1.807, 2.05) is 44.0 Å². The normalized spacial score (nSPS) is 19.6. The molecule has 1 N–H and O–H groups in total. The van der Waals surface area contributed by atoms with Crippen molar-refractivity contribution in [2.24, 2.45) is 17.8 Å². The minimum atomic E-state index is -0.428. The van der Waals surface area contributed by atoms with Gasteiger partial charge in [0.1, 0.15) is 0 Å². The quantitative estimate of drug-likeness (QED) is 0.274. The number of hydrogen-bond acceptors (Lipinski definition) is 5. The van der Waals surface area contributed by atoms with E-state index in [9.17, 15) is 14.4 Å². The second kappa shape index (κ2) is 17.6. The van der Waals surface area contributed by atoms with Gasteiger partial charge in [0.15, 0.2) is 0 Å².